The SMILES string of the molecule is COC(=O)CN(C(=O)N1CCN(c2ccncc2)CC1)N1CCCCC1.Cl. The number of rotatable bonds is 4. The summed E-state index contributed by atoms with van der Waals surface area (Å²) >= 11 is 0. The largest absolute Gasteiger partial charge is 0.468 e. The quantitative estimate of drug-likeness (QED) is 0.719. The van der Waals surface area contributed by atoms with Crippen LogP contribution in [0.4, 0.5) is 10.5 Å². The minimum atomic E-state index is -0.389. The van der Waals surface area contributed by atoms with Crippen molar-refractivity contribution in [2.24, 2.45) is 0 Å². The molecule has 1 aromatic heterocycles. The van der Waals surface area contributed by atoms with E-state index in [1.54, 1.807) is 17.4 Å². The molecule has 9 heteroatoms. The van der Waals surface area contributed by atoms with E-state index in [0.29, 0.717) is 13.1 Å². The lowest BCUT2D eigenvalue weighted by Gasteiger charge is -2.42. The van der Waals surface area contributed by atoms with Crippen LogP contribution in [0.2, 0.25) is 0 Å². The Morgan fingerprint density at radius 2 is 1.67 bits per heavy atom. The van der Waals surface area contributed by atoms with Gasteiger partial charge in [0.25, 0.3) is 0 Å². The highest BCUT2D eigenvalue weighted by Crippen LogP contribution is 2.18. The Morgan fingerprint density at radius 1 is 1.04 bits per heavy atom. The third-order valence-corrected chi connectivity index (χ3v) is 4.98. The van der Waals surface area contributed by atoms with Gasteiger partial charge in [0.1, 0.15) is 6.54 Å². The molecule has 2 fully saturated rings. The first-order valence-corrected chi connectivity index (χ1v) is 9.22. The van der Waals surface area contributed by atoms with Gasteiger partial charge in [0.05, 0.1) is 7.11 Å². The number of methoxy groups -OCH3 is 1. The van der Waals surface area contributed by atoms with Gasteiger partial charge in [-0.05, 0) is 25.0 Å². The maximum Gasteiger partial charge on any atom is 0.335 e. The van der Waals surface area contributed by atoms with E-state index in [9.17, 15) is 9.59 Å². The van der Waals surface area contributed by atoms with Gasteiger partial charge in [0, 0.05) is 57.3 Å². The van der Waals surface area contributed by atoms with Gasteiger partial charge in [-0.25, -0.2) is 14.8 Å². The fourth-order valence-electron chi connectivity index (χ4n) is 3.47. The summed E-state index contributed by atoms with van der Waals surface area (Å²) in [5.74, 6) is -0.389. The predicted octanol–water partition coefficient (Wildman–Crippen LogP) is 1.62. The number of nitrogens with zero attached hydrogens (tertiary/aromatic N) is 5. The lowest BCUT2D eigenvalue weighted by molar-refractivity contribution is -0.146. The number of hydrogen-bond donors (Lipinski definition) is 0. The summed E-state index contributed by atoms with van der Waals surface area (Å²) in [4.78, 5) is 33.0. The van der Waals surface area contributed by atoms with Crippen LogP contribution in [0.1, 0.15) is 19.3 Å². The Balaban J connectivity index is 0.00000261. The molecule has 2 aliphatic heterocycles. The molecule has 0 aromatic carbocycles. The molecule has 0 radical (unpaired) electrons. The number of carbonyl (C=O) groups excluding carboxylic acids is 2. The van der Waals surface area contributed by atoms with E-state index < -0.39 is 0 Å². The first-order valence-electron chi connectivity index (χ1n) is 9.22. The number of carbonyl (C=O) groups is 2. The highest BCUT2D eigenvalue weighted by Gasteiger charge is 2.31. The van der Waals surface area contributed by atoms with E-state index in [1.807, 2.05) is 22.0 Å². The van der Waals surface area contributed by atoms with E-state index in [-0.39, 0.29) is 31.0 Å². The summed E-state index contributed by atoms with van der Waals surface area (Å²) in [7, 11) is 1.36. The number of hydrazine groups is 1. The Bertz CT molecular complexity index is 604. The number of ether oxygens (including phenoxy) is 1. The number of piperidine rings is 1. The molecule has 2 aliphatic rings. The van der Waals surface area contributed by atoms with Crippen molar-refractivity contribution in [1.29, 1.82) is 0 Å². The second-order valence-electron chi connectivity index (χ2n) is 6.61. The molecule has 0 saturated carbocycles. The van der Waals surface area contributed by atoms with Crippen molar-refractivity contribution in [2.75, 3.05) is 57.8 Å². The van der Waals surface area contributed by atoms with Crippen molar-refractivity contribution in [2.45, 2.75) is 19.3 Å². The van der Waals surface area contributed by atoms with Gasteiger partial charge < -0.3 is 14.5 Å². The standard InChI is InChI=1S/C18H27N5O3.ClH/c1-26-17(24)15-23(22-9-3-2-4-10-22)18(25)21-13-11-20(12-14-21)16-5-7-19-8-6-16;/h5-8H,2-4,9-15H2,1H3;1H. The summed E-state index contributed by atoms with van der Waals surface area (Å²) < 4.78 is 4.79. The van der Waals surface area contributed by atoms with Crippen molar-refractivity contribution < 1.29 is 14.3 Å². The molecular formula is C18H28ClN5O3. The smallest absolute Gasteiger partial charge is 0.335 e. The summed E-state index contributed by atoms with van der Waals surface area (Å²) in [5, 5.41) is 3.57. The zero-order valence-corrected chi connectivity index (χ0v) is 16.6. The average molecular weight is 398 g/mol. The van der Waals surface area contributed by atoms with Crippen LogP contribution in [0.15, 0.2) is 24.5 Å². The number of hydrogen-bond acceptors (Lipinski definition) is 6. The lowest BCUT2D eigenvalue weighted by atomic mass is 10.2. The number of anilines is 1. The van der Waals surface area contributed by atoms with Crippen molar-refractivity contribution in [3.63, 3.8) is 0 Å². The molecule has 3 rings (SSSR count). The van der Waals surface area contributed by atoms with Gasteiger partial charge in [-0.1, -0.05) is 6.42 Å². The Morgan fingerprint density at radius 3 is 2.26 bits per heavy atom. The Labute approximate surface area is 166 Å². The molecule has 0 atom stereocenters. The molecule has 1 aromatic rings. The van der Waals surface area contributed by atoms with Crippen LogP contribution in [-0.2, 0) is 9.53 Å². The molecule has 0 bridgehead atoms. The number of urea groups is 1. The van der Waals surface area contributed by atoms with Crippen LogP contribution >= 0.6 is 12.4 Å². The highest BCUT2D eigenvalue weighted by atomic mass is 35.5. The van der Waals surface area contributed by atoms with Crippen LogP contribution in [-0.4, -0.2) is 84.8 Å². The monoisotopic (exact) mass is 397 g/mol. The summed E-state index contributed by atoms with van der Waals surface area (Å²) in [6.45, 7) is 4.38. The maximum absolute atomic E-state index is 13.1. The molecule has 150 valence electrons. The molecule has 27 heavy (non-hydrogen) atoms. The number of halogens is 1. The molecule has 0 spiro atoms. The molecule has 2 amide bonds. The number of aromatic nitrogens is 1. The number of piperazine rings is 1. The molecular weight excluding hydrogens is 370 g/mol. The van der Waals surface area contributed by atoms with Gasteiger partial charge in [0.2, 0.25) is 0 Å². The Kier molecular flexibility index (Phi) is 8.12. The van der Waals surface area contributed by atoms with Gasteiger partial charge in [-0.2, -0.15) is 0 Å². The van der Waals surface area contributed by atoms with E-state index in [2.05, 4.69) is 9.88 Å². The first kappa shape index (κ1) is 21.2. The molecule has 8 nitrogen and oxygen atoms in total. The normalized spacial score (nSPS) is 17.8. The summed E-state index contributed by atoms with van der Waals surface area (Å²) in [6.07, 6.45) is 6.81. The second-order valence-corrected chi connectivity index (χ2v) is 6.61. The van der Waals surface area contributed by atoms with Crippen molar-refractivity contribution in [3.05, 3.63) is 24.5 Å². The summed E-state index contributed by atoms with van der Waals surface area (Å²) in [5.41, 5.74) is 1.12. The topological polar surface area (TPSA) is 69.2 Å². The molecule has 0 N–H and O–H groups in total. The number of esters is 1. The van der Waals surface area contributed by atoms with Gasteiger partial charge in [0.15, 0.2) is 0 Å². The molecule has 0 unspecified atom stereocenters. The lowest BCUT2D eigenvalue weighted by Crippen LogP contribution is -2.59. The van der Waals surface area contributed by atoms with E-state index >= 15 is 0 Å². The first-order chi connectivity index (χ1) is 12.7. The molecule has 0 aliphatic carbocycles. The van der Waals surface area contributed by atoms with E-state index in [1.165, 1.54) is 13.5 Å². The van der Waals surface area contributed by atoms with Crippen LogP contribution in [0.3, 0.4) is 0 Å². The van der Waals surface area contributed by atoms with Crippen molar-refractivity contribution in [1.82, 2.24) is 19.9 Å². The van der Waals surface area contributed by atoms with Crippen molar-refractivity contribution >= 4 is 30.1 Å². The van der Waals surface area contributed by atoms with Crippen molar-refractivity contribution in [3.8, 4) is 0 Å². The fraction of sp³-hybridized carbons (Fsp3) is 0.611. The molecule has 2 saturated heterocycles. The minimum Gasteiger partial charge on any atom is -0.468 e. The Hall–Kier alpha value is -2.06. The van der Waals surface area contributed by atoms with E-state index in [0.717, 1.165) is 44.7 Å². The van der Waals surface area contributed by atoms with Crippen LogP contribution in [0.25, 0.3) is 0 Å². The number of amides is 2. The molecule has 3 heterocycles. The zero-order chi connectivity index (χ0) is 18.4. The number of pyridine rings is 1. The zero-order valence-electron chi connectivity index (χ0n) is 15.7. The minimum absolute atomic E-state index is 0. The van der Waals surface area contributed by atoms with Gasteiger partial charge >= 0.3 is 12.0 Å². The van der Waals surface area contributed by atoms with Crippen LogP contribution in [0.5, 0.6) is 0 Å². The van der Waals surface area contributed by atoms with E-state index in [4.69, 9.17) is 4.74 Å². The average Bonchev–Trinajstić information content (AvgIpc) is 2.72. The summed E-state index contributed by atoms with van der Waals surface area (Å²) in [6, 6.07) is 3.86. The fourth-order valence-corrected chi connectivity index (χ4v) is 3.47. The highest BCUT2D eigenvalue weighted by molar-refractivity contribution is 5.85. The van der Waals surface area contributed by atoms with Crippen LogP contribution in [0, 0.1) is 0 Å². The maximum atomic E-state index is 13.1. The van der Waals surface area contributed by atoms with Crippen LogP contribution < -0.4 is 4.90 Å². The third-order valence-electron chi connectivity index (χ3n) is 4.98. The van der Waals surface area contributed by atoms with Gasteiger partial charge in [-0.15, -0.1) is 12.4 Å². The second kappa shape index (κ2) is 10.3. The third kappa shape index (κ3) is 5.46. The predicted molar refractivity (Wildman–Crippen MR) is 105 cm³/mol. The van der Waals surface area contributed by atoms with Gasteiger partial charge in [-0.3, -0.25) is 9.78 Å².